The van der Waals surface area contributed by atoms with E-state index in [9.17, 15) is 5.11 Å². The third-order valence-electron chi connectivity index (χ3n) is 4.49. The Kier molecular flexibility index (Phi) is 3.11. The first-order chi connectivity index (χ1) is 10.7. The summed E-state index contributed by atoms with van der Waals surface area (Å²) in [4.78, 5) is 2.39. The zero-order valence-electron chi connectivity index (χ0n) is 12.5. The van der Waals surface area contributed by atoms with Gasteiger partial charge < -0.3 is 20.6 Å². The van der Waals surface area contributed by atoms with Crippen LogP contribution in [0.15, 0.2) is 30.3 Å². The molecule has 0 radical (unpaired) electrons. The molecule has 1 aromatic carbocycles. The molecule has 22 heavy (non-hydrogen) atoms. The molecule has 1 saturated heterocycles. The monoisotopic (exact) mass is 297 g/mol. The smallest absolute Gasteiger partial charge is 0.172 e. The van der Waals surface area contributed by atoms with Crippen LogP contribution < -0.4 is 15.5 Å². The van der Waals surface area contributed by atoms with Gasteiger partial charge in [0.05, 0.1) is 17.4 Å². The van der Waals surface area contributed by atoms with E-state index in [4.69, 9.17) is 0 Å². The van der Waals surface area contributed by atoms with Crippen molar-refractivity contribution in [2.45, 2.75) is 19.0 Å². The van der Waals surface area contributed by atoms with Crippen molar-refractivity contribution < 1.29 is 5.11 Å². The number of phenols is 1. The minimum Gasteiger partial charge on any atom is -0.507 e. The molecular weight excluding hydrogens is 278 g/mol. The second kappa shape index (κ2) is 5.14. The summed E-state index contributed by atoms with van der Waals surface area (Å²) < 4.78 is 0. The zero-order chi connectivity index (χ0) is 15.1. The van der Waals surface area contributed by atoms with E-state index in [2.05, 4.69) is 32.7 Å². The normalized spacial score (nSPS) is 23.4. The SMILES string of the molecule is CC1Nc2nnc(-c3ccccc3O)cc2N2CCNCC12. The molecule has 114 valence electrons. The number of rotatable bonds is 1. The molecule has 0 spiro atoms. The summed E-state index contributed by atoms with van der Waals surface area (Å²) in [5, 5.41) is 25.5. The Bertz CT molecular complexity index is 705. The quantitative estimate of drug-likeness (QED) is 0.740. The number of aromatic nitrogens is 2. The molecule has 3 heterocycles. The molecular formula is C16H19N5O. The number of hydrogen-bond acceptors (Lipinski definition) is 6. The van der Waals surface area contributed by atoms with E-state index in [-0.39, 0.29) is 5.75 Å². The van der Waals surface area contributed by atoms with E-state index >= 15 is 0 Å². The molecule has 3 N–H and O–H groups in total. The van der Waals surface area contributed by atoms with Crippen molar-refractivity contribution in [1.82, 2.24) is 15.5 Å². The Morgan fingerprint density at radius 2 is 2.14 bits per heavy atom. The van der Waals surface area contributed by atoms with Crippen LogP contribution in [0.4, 0.5) is 11.5 Å². The number of fused-ring (bicyclic) bond motifs is 3. The van der Waals surface area contributed by atoms with Gasteiger partial charge in [0.1, 0.15) is 5.75 Å². The largest absolute Gasteiger partial charge is 0.507 e. The van der Waals surface area contributed by atoms with Crippen LogP contribution in [-0.4, -0.2) is 47.0 Å². The second-order valence-electron chi connectivity index (χ2n) is 5.88. The van der Waals surface area contributed by atoms with Gasteiger partial charge in [-0.25, -0.2) is 0 Å². The fourth-order valence-corrected chi connectivity index (χ4v) is 3.31. The zero-order valence-corrected chi connectivity index (χ0v) is 12.5. The van der Waals surface area contributed by atoms with Crippen molar-refractivity contribution in [3.8, 4) is 17.0 Å². The number of piperazine rings is 1. The molecule has 0 saturated carbocycles. The molecule has 2 unspecified atom stereocenters. The van der Waals surface area contributed by atoms with Crippen LogP contribution in [0.2, 0.25) is 0 Å². The summed E-state index contributed by atoms with van der Waals surface area (Å²) in [5.41, 5.74) is 2.48. The first-order valence-corrected chi connectivity index (χ1v) is 7.64. The van der Waals surface area contributed by atoms with Crippen LogP contribution in [0.1, 0.15) is 6.92 Å². The number of benzene rings is 1. The van der Waals surface area contributed by atoms with Crippen LogP contribution in [0.5, 0.6) is 5.75 Å². The number of nitrogens with one attached hydrogen (secondary N) is 2. The van der Waals surface area contributed by atoms with Crippen LogP contribution in [0.25, 0.3) is 11.3 Å². The Morgan fingerprint density at radius 3 is 3.00 bits per heavy atom. The van der Waals surface area contributed by atoms with Gasteiger partial charge in [0.15, 0.2) is 5.82 Å². The summed E-state index contributed by atoms with van der Waals surface area (Å²) in [6, 6.07) is 9.98. The lowest BCUT2D eigenvalue weighted by atomic mass is 10.0. The molecule has 1 aromatic heterocycles. The number of anilines is 2. The van der Waals surface area contributed by atoms with Gasteiger partial charge in [0.2, 0.25) is 0 Å². The molecule has 2 aliphatic heterocycles. The molecule has 1 fully saturated rings. The van der Waals surface area contributed by atoms with Gasteiger partial charge in [0, 0.05) is 31.2 Å². The van der Waals surface area contributed by atoms with Gasteiger partial charge >= 0.3 is 0 Å². The minimum absolute atomic E-state index is 0.228. The van der Waals surface area contributed by atoms with Crippen molar-refractivity contribution in [3.05, 3.63) is 30.3 Å². The number of phenolic OH excluding ortho intramolecular Hbond substituents is 1. The molecule has 0 bridgehead atoms. The first-order valence-electron chi connectivity index (χ1n) is 7.64. The van der Waals surface area contributed by atoms with Crippen molar-refractivity contribution in [2.24, 2.45) is 0 Å². The van der Waals surface area contributed by atoms with Gasteiger partial charge in [0.25, 0.3) is 0 Å². The van der Waals surface area contributed by atoms with Crippen LogP contribution in [-0.2, 0) is 0 Å². The average Bonchev–Trinajstić information content (AvgIpc) is 2.56. The summed E-state index contributed by atoms with van der Waals surface area (Å²) >= 11 is 0. The third kappa shape index (κ3) is 2.07. The maximum Gasteiger partial charge on any atom is 0.172 e. The molecule has 2 aliphatic rings. The van der Waals surface area contributed by atoms with E-state index in [1.165, 1.54) is 0 Å². The fraction of sp³-hybridized carbons (Fsp3) is 0.375. The van der Waals surface area contributed by atoms with Gasteiger partial charge in [-0.3, -0.25) is 0 Å². The number of nitrogens with zero attached hydrogens (tertiary/aromatic N) is 3. The second-order valence-corrected chi connectivity index (χ2v) is 5.88. The lowest BCUT2D eigenvalue weighted by molar-refractivity contribution is 0.432. The van der Waals surface area contributed by atoms with E-state index in [0.717, 1.165) is 31.1 Å². The Labute approximate surface area is 129 Å². The topological polar surface area (TPSA) is 73.3 Å². The number of hydrogen-bond donors (Lipinski definition) is 3. The molecule has 6 heteroatoms. The maximum atomic E-state index is 10.0. The van der Waals surface area contributed by atoms with E-state index in [1.807, 2.05) is 18.2 Å². The van der Waals surface area contributed by atoms with Crippen LogP contribution in [0, 0.1) is 0 Å². The van der Waals surface area contributed by atoms with E-state index < -0.39 is 0 Å². The fourth-order valence-electron chi connectivity index (χ4n) is 3.31. The summed E-state index contributed by atoms with van der Waals surface area (Å²) in [7, 11) is 0. The van der Waals surface area contributed by atoms with Crippen LogP contribution >= 0.6 is 0 Å². The predicted molar refractivity (Wildman–Crippen MR) is 86.2 cm³/mol. The van der Waals surface area contributed by atoms with Crippen molar-refractivity contribution >= 4 is 11.5 Å². The van der Waals surface area contributed by atoms with Crippen molar-refractivity contribution in [2.75, 3.05) is 29.9 Å². The summed E-state index contributed by atoms with van der Waals surface area (Å²) in [6.45, 7) is 5.06. The van der Waals surface area contributed by atoms with Gasteiger partial charge in [-0.1, -0.05) is 12.1 Å². The highest BCUT2D eigenvalue weighted by molar-refractivity contribution is 5.76. The number of para-hydroxylation sites is 1. The molecule has 0 amide bonds. The third-order valence-corrected chi connectivity index (χ3v) is 4.49. The lowest BCUT2D eigenvalue weighted by Gasteiger charge is -2.45. The van der Waals surface area contributed by atoms with Gasteiger partial charge in [-0.15, -0.1) is 10.2 Å². The lowest BCUT2D eigenvalue weighted by Crippen LogP contribution is -2.60. The summed E-state index contributed by atoms with van der Waals surface area (Å²) in [5.74, 6) is 1.05. The Morgan fingerprint density at radius 1 is 1.27 bits per heavy atom. The Balaban J connectivity index is 1.79. The van der Waals surface area contributed by atoms with Gasteiger partial charge in [-0.2, -0.15) is 0 Å². The molecule has 6 nitrogen and oxygen atoms in total. The molecule has 2 aromatic rings. The molecule has 4 rings (SSSR count). The van der Waals surface area contributed by atoms with E-state index in [1.54, 1.807) is 12.1 Å². The van der Waals surface area contributed by atoms with Gasteiger partial charge in [-0.05, 0) is 25.1 Å². The highest BCUT2D eigenvalue weighted by atomic mass is 16.3. The maximum absolute atomic E-state index is 10.0. The summed E-state index contributed by atoms with van der Waals surface area (Å²) in [6.07, 6.45) is 0. The molecule has 2 atom stereocenters. The minimum atomic E-state index is 0.228. The average molecular weight is 297 g/mol. The first kappa shape index (κ1) is 13.3. The standard InChI is InChI=1S/C16H19N5O/c1-10-14-9-17-6-7-21(14)13-8-12(19-20-16(13)18-10)11-4-2-3-5-15(11)22/h2-5,8,10,14,17,22H,6-7,9H2,1H3,(H,18,20). The van der Waals surface area contributed by atoms with Crippen molar-refractivity contribution in [1.29, 1.82) is 0 Å². The van der Waals surface area contributed by atoms with Crippen LogP contribution in [0.3, 0.4) is 0 Å². The predicted octanol–water partition coefficient (Wildman–Crippen LogP) is 1.44. The molecule has 0 aliphatic carbocycles. The van der Waals surface area contributed by atoms with Crippen molar-refractivity contribution in [3.63, 3.8) is 0 Å². The highest BCUT2D eigenvalue weighted by Crippen LogP contribution is 2.36. The number of aromatic hydroxyl groups is 1. The Hall–Kier alpha value is -2.34. The highest BCUT2D eigenvalue weighted by Gasteiger charge is 2.34. The van der Waals surface area contributed by atoms with E-state index in [0.29, 0.717) is 23.3 Å².